The van der Waals surface area contributed by atoms with Crippen molar-refractivity contribution in [1.29, 1.82) is 0 Å². The summed E-state index contributed by atoms with van der Waals surface area (Å²) >= 11 is 1.16. The fourth-order valence-electron chi connectivity index (χ4n) is 0.483. The van der Waals surface area contributed by atoms with E-state index in [2.05, 4.69) is 5.32 Å². The minimum atomic E-state index is -0.0265. The Morgan fingerprint density at radius 3 is 2.54 bits per heavy atom. The molecule has 0 spiro atoms. The number of ether oxygens (including phenoxy) is 1. The van der Waals surface area contributed by atoms with Gasteiger partial charge in [0.15, 0.2) is 0 Å². The monoisotopic (exact) mass is 208 g/mol. The summed E-state index contributed by atoms with van der Waals surface area (Å²) < 4.78 is 5.03. The zero-order valence-electron chi connectivity index (χ0n) is 8.63. The van der Waals surface area contributed by atoms with E-state index in [0.29, 0.717) is 26.3 Å². The van der Waals surface area contributed by atoms with E-state index in [-0.39, 0.29) is 5.24 Å². The molecular formula is C8H20N2O2S. The number of thioether (sulfide) groups is 1. The molecule has 0 bridgehead atoms. The first-order valence-corrected chi connectivity index (χ1v) is 5.63. The molecular weight excluding hydrogens is 188 g/mol. The van der Waals surface area contributed by atoms with Gasteiger partial charge in [0.25, 0.3) is 5.24 Å². The molecule has 0 aliphatic rings. The average molecular weight is 208 g/mol. The lowest BCUT2D eigenvalue weighted by atomic mass is 10.6. The second kappa shape index (κ2) is 14.3. The number of amides is 1. The van der Waals surface area contributed by atoms with Gasteiger partial charge in [-0.15, -0.1) is 0 Å². The molecule has 0 heterocycles. The smallest absolute Gasteiger partial charge is 0.278 e. The molecule has 0 aliphatic carbocycles. The van der Waals surface area contributed by atoms with Gasteiger partial charge in [-0.25, -0.2) is 0 Å². The van der Waals surface area contributed by atoms with Crippen LogP contribution in [0.2, 0.25) is 0 Å². The first-order valence-electron chi connectivity index (χ1n) is 4.41. The molecule has 0 aromatic carbocycles. The molecule has 0 aromatic rings. The Morgan fingerprint density at radius 2 is 2.08 bits per heavy atom. The summed E-state index contributed by atoms with van der Waals surface area (Å²) in [7, 11) is 0. The summed E-state index contributed by atoms with van der Waals surface area (Å²) in [6.07, 6.45) is 1.73. The molecule has 0 unspecified atom stereocenters. The SMILES string of the molecule is CC.CSC(=O)NCCOCCN. The van der Waals surface area contributed by atoms with Crippen molar-refractivity contribution in [2.75, 3.05) is 32.6 Å². The molecule has 13 heavy (non-hydrogen) atoms. The molecule has 0 atom stereocenters. The molecule has 0 rings (SSSR count). The molecule has 5 heteroatoms. The van der Waals surface area contributed by atoms with E-state index in [1.54, 1.807) is 6.26 Å². The minimum Gasteiger partial charge on any atom is -0.378 e. The van der Waals surface area contributed by atoms with E-state index in [9.17, 15) is 4.79 Å². The van der Waals surface area contributed by atoms with Crippen molar-refractivity contribution < 1.29 is 9.53 Å². The molecule has 4 nitrogen and oxygen atoms in total. The molecule has 0 fully saturated rings. The van der Waals surface area contributed by atoms with Crippen molar-refractivity contribution in [3.05, 3.63) is 0 Å². The Hall–Kier alpha value is -0.260. The van der Waals surface area contributed by atoms with Crippen LogP contribution in [0.4, 0.5) is 4.79 Å². The Kier molecular flexibility index (Phi) is 16.7. The van der Waals surface area contributed by atoms with Crippen LogP contribution in [0.5, 0.6) is 0 Å². The highest BCUT2D eigenvalue weighted by Crippen LogP contribution is 1.90. The molecule has 3 N–H and O–H groups in total. The van der Waals surface area contributed by atoms with Crippen molar-refractivity contribution >= 4 is 17.0 Å². The van der Waals surface area contributed by atoms with Gasteiger partial charge in [-0.05, 0) is 6.26 Å². The maximum Gasteiger partial charge on any atom is 0.278 e. The number of rotatable bonds is 5. The van der Waals surface area contributed by atoms with Gasteiger partial charge in [0.2, 0.25) is 0 Å². The summed E-state index contributed by atoms with van der Waals surface area (Å²) in [4.78, 5) is 10.6. The quantitative estimate of drug-likeness (QED) is 0.663. The van der Waals surface area contributed by atoms with Crippen LogP contribution >= 0.6 is 11.8 Å². The van der Waals surface area contributed by atoms with Crippen LogP contribution in [0.15, 0.2) is 0 Å². The third-order valence-corrected chi connectivity index (χ3v) is 1.48. The number of carbonyl (C=O) groups excluding carboxylic acids is 1. The summed E-state index contributed by atoms with van der Waals surface area (Å²) in [6, 6.07) is 0. The van der Waals surface area contributed by atoms with E-state index >= 15 is 0 Å². The standard InChI is InChI=1S/C6H14N2O2S.C2H6/c1-11-6(9)8-3-5-10-4-2-7;1-2/h2-5,7H2,1H3,(H,8,9);1-2H3. The highest BCUT2D eigenvalue weighted by Gasteiger charge is 1.94. The fourth-order valence-corrected chi connectivity index (χ4v) is 0.729. The highest BCUT2D eigenvalue weighted by atomic mass is 32.2. The largest absolute Gasteiger partial charge is 0.378 e. The van der Waals surface area contributed by atoms with Gasteiger partial charge >= 0.3 is 0 Å². The lowest BCUT2D eigenvalue weighted by Crippen LogP contribution is -2.24. The molecule has 0 saturated heterocycles. The number of carbonyl (C=O) groups is 1. The second-order valence-corrected chi connectivity index (χ2v) is 2.60. The first kappa shape index (κ1) is 15.2. The van der Waals surface area contributed by atoms with E-state index in [0.717, 1.165) is 11.8 Å². The number of hydrogen-bond acceptors (Lipinski definition) is 4. The van der Waals surface area contributed by atoms with Gasteiger partial charge in [-0.3, -0.25) is 4.79 Å². The lowest BCUT2D eigenvalue weighted by molar-refractivity contribution is 0.145. The van der Waals surface area contributed by atoms with Gasteiger partial charge in [0, 0.05) is 13.1 Å². The number of hydrogen-bond donors (Lipinski definition) is 2. The van der Waals surface area contributed by atoms with E-state index in [1.165, 1.54) is 0 Å². The molecule has 0 saturated carbocycles. The predicted octanol–water partition coefficient (Wildman–Crippen LogP) is 1.06. The number of nitrogens with one attached hydrogen (secondary N) is 1. The van der Waals surface area contributed by atoms with Crippen LogP contribution in [-0.2, 0) is 4.74 Å². The molecule has 0 aromatic heterocycles. The average Bonchev–Trinajstić information content (AvgIpc) is 2.20. The summed E-state index contributed by atoms with van der Waals surface area (Å²) in [5.41, 5.74) is 5.18. The fraction of sp³-hybridized carbons (Fsp3) is 0.875. The van der Waals surface area contributed by atoms with E-state index in [1.807, 2.05) is 13.8 Å². The lowest BCUT2D eigenvalue weighted by Gasteiger charge is -2.02. The van der Waals surface area contributed by atoms with Crippen molar-refractivity contribution in [1.82, 2.24) is 5.32 Å². The van der Waals surface area contributed by atoms with E-state index < -0.39 is 0 Å². The number of nitrogens with two attached hydrogens (primary N) is 1. The van der Waals surface area contributed by atoms with Gasteiger partial charge in [0.05, 0.1) is 13.2 Å². The van der Waals surface area contributed by atoms with Gasteiger partial charge in [-0.1, -0.05) is 25.6 Å². The topological polar surface area (TPSA) is 64.3 Å². The van der Waals surface area contributed by atoms with Crippen LogP contribution < -0.4 is 11.1 Å². The Labute approximate surface area is 84.6 Å². The van der Waals surface area contributed by atoms with E-state index in [4.69, 9.17) is 10.5 Å². The predicted molar refractivity (Wildman–Crippen MR) is 58.1 cm³/mol. The van der Waals surface area contributed by atoms with Gasteiger partial charge in [-0.2, -0.15) is 0 Å². The van der Waals surface area contributed by atoms with Crippen LogP contribution in [-0.4, -0.2) is 37.8 Å². The normalized spacial score (nSPS) is 8.62. The van der Waals surface area contributed by atoms with Gasteiger partial charge in [0.1, 0.15) is 0 Å². The molecule has 0 radical (unpaired) electrons. The maximum absolute atomic E-state index is 10.6. The van der Waals surface area contributed by atoms with Crippen molar-refractivity contribution in [3.8, 4) is 0 Å². The van der Waals surface area contributed by atoms with Crippen molar-refractivity contribution in [2.24, 2.45) is 5.73 Å². The maximum atomic E-state index is 10.6. The molecule has 0 aliphatic heterocycles. The molecule has 1 amide bonds. The summed E-state index contributed by atoms with van der Waals surface area (Å²) in [5.74, 6) is 0. The van der Waals surface area contributed by atoms with Crippen LogP contribution in [0.3, 0.4) is 0 Å². The Morgan fingerprint density at radius 1 is 1.46 bits per heavy atom. The third-order valence-electron chi connectivity index (χ3n) is 0.963. The zero-order valence-corrected chi connectivity index (χ0v) is 9.45. The Bertz CT molecular complexity index is 112. The van der Waals surface area contributed by atoms with Crippen molar-refractivity contribution in [2.45, 2.75) is 13.8 Å². The first-order chi connectivity index (χ1) is 6.31. The van der Waals surface area contributed by atoms with Gasteiger partial charge < -0.3 is 15.8 Å². The second-order valence-electron chi connectivity index (χ2n) is 1.82. The minimum absolute atomic E-state index is 0.0265. The van der Waals surface area contributed by atoms with Crippen molar-refractivity contribution in [3.63, 3.8) is 0 Å². The third kappa shape index (κ3) is 14.6. The molecule has 80 valence electrons. The van der Waals surface area contributed by atoms with Crippen LogP contribution in [0.25, 0.3) is 0 Å². The zero-order chi connectivity index (χ0) is 10.5. The highest BCUT2D eigenvalue weighted by molar-refractivity contribution is 8.12. The van der Waals surface area contributed by atoms with Crippen LogP contribution in [0, 0.1) is 0 Å². The Balaban J connectivity index is 0. The summed E-state index contributed by atoms with van der Waals surface area (Å²) in [6.45, 7) is 6.16. The summed E-state index contributed by atoms with van der Waals surface area (Å²) in [5, 5.41) is 2.62. The van der Waals surface area contributed by atoms with Crippen LogP contribution in [0.1, 0.15) is 13.8 Å².